The van der Waals surface area contributed by atoms with Gasteiger partial charge >= 0.3 is 5.97 Å². The van der Waals surface area contributed by atoms with Gasteiger partial charge in [0.15, 0.2) is 5.82 Å². The van der Waals surface area contributed by atoms with Crippen molar-refractivity contribution in [2.24, 2.45) is 0 Å². The normalized spacial score (nSPS) is 14.0. The molecule has 1 aromatic heterocycles. The Bertz CT molecular complexity index is 1150. The average molecular weight is 459 g/mol. The maximum Gasteiger partial charge on any atom is 0.350 e. The molecule has 32 heavy (non-hydrogen) atoms. The summed E-state index contributed by atoms with van der Waals surface area (Å²) in [4.78, 5) is 21.1. The third kappa shape index (κ3) is 4.51. The fourth-order valence-electron chi connectivity index (χ4n) is 3.19. The molecule has 0 amide bonds. The number of aromatic nitrogens is 2. The molecule has 3 aromatic rings. The maximum absolute atomic E-state index is 14.1. The predicted molar refractivity (Wildman–Crippen MR) is 115 cm³/mol. The first-order chi connectivity index (χ1) is 15.5. The van der Waals surface area contributed by atoms with Crippen LogP contribution >= 0.6 is 11.6 Å². The fourth-order valence-corrected chi connectivity index (χ4v) is 3.30. The van der Waals surface area contributed by atoms with Gasteiger partial charge in [-0.2, -0.15) is 4.98 Å². The van der Waals surface area contributed by atoms with Gasteiger partial charge < -0.3 is 19.3 Å². The second-order valence-corrected chi connectivity index (χ2v) is 7.61. The molecule has 1 aliphatic rings. The summed E-state index contributed by atoms with van der Waals surface area (Å²) in [5.74, 6) is -0.275. The Hall–Kier alpha value is -3.23. The third-order valence-corrected chi connectivity index (χ3v) is 5.26. The molecular formula is C23H20ClFN2O5. The monoisotopic (exact) mass is 458 g/mol. The summed E-state index contributed by atoms with van der Waals surface area (Å²) in [6.07, 6.45) is 1.00. The largest absolute Gasteiger partial charge is 0.490 e. The van der Waals surface area contributed by atoms with Crippen LogP contribution < -0.4 is 9.47 Å². The molecule has 9 heteroatoms. The second-order valence-electron chi connectivity index (χ2n) is 7.20. The van der Waals surface area contributed by atoms with Gasteiger partial charge in [-0.15, -0.1) is 0 Å². The summed E-state index contributed by atoms with van der Waals surface area (Å²) in [6.45, 7) is -0.0461. The Morgan fingerprint density at radius 3 is 2.66 bits per heavy atom. The zero-order chi connectivity index (χ0) is 22.7. The smallest absolute Gasteiger partial charge is 0.350 e. The predicted octanol–water partition coefficient (Wildman–Crippen LogP) is 4.06. The summed E-state index contributed by atoms with van der Waals surface area (Å²) in [7, 11) is 1.30. The molecule has 7 nitrogen and oxygen atoms in total. The van der Waals surface area contributed by atoms with Crippen LogP contribution in [0.1, 0.15) is 12.8 Å². The van der Waals surface area contributed by atoms with Crippen LogP contribution in [0.15, 0.2) is 48.5 Å². The maximum atomic E-state index is 14.1. The van der Waals surface area contributed by atoms with Crippen LogP contribution in [0, 0.1) is 5.82 Å². The number of nitrogens with zero attached hydrogens (tertiary/aromatic N) is 2. The zero-order valence-corrected chi connectivity index (χ0v) is 17.9. The van der Waals surface area contributed by atoms with E-state index in [1.165, 1.54) is 19.2 Å². The number of carbonyl (C=O) groups is 1. The molecule has 0 aliphatic heterocycles. The first-order valence-electron chi connectivity index (χ1n) is 9.91. The van der Waals surface area contributed by atoms with Crippen LogP contribution in [0.25, 0.3) is 22.6 Å². The van der Waals surface area contributed by atoms with Crippen molar-refractivity contribution >= 4 is 17.6 Å². The van der Waals surface area contributed by atoms with Gasteiger partial charge in [-0.25, -0.2) is 14.2 Å². The summed E-state index contributed by atoms with van der Waals surface area (Å²) < 4.78 is 30.5. The standard InChI is InChI=1S/C23H20ClFN2O5/c1-30-22(29)23(8-9-23)32-20-13-18(15-4-2-3-5-19(15)31-11-10-28)26-21(27-20)14-6-7-16(24)17(25)12-14/h2-7,12-13,28H,8-11H2,1H3. The number of halogens is 2. The van der Waals surface area contributed by atoms with Gasteiger partial charge in [0.25, 0.3) is 0 Å². The number of ether oxygens (including phenoxy) is 3. The number of rotatable bonds is 8. The molecular weight excluding hydrogens is 439 g/mol. The summed E-state index contributed by atoms with van der Waals surface area (Å²) in [5, 5.41) is 9.10. The van der Waals surface area contributed by atoms with Crippen molar-refractivity contribution < 1.29 is 28.5 Å². The van der Waals surface area contributed by atoms with Crippen molar-refractivity contribution in [2.75, 3.05) is 20.3 Å². The van der Waals surface area contributed by atoms with Crippen molar-refractivity contribution in [3.05, 3.63) is 59.4 Å². The molecule has 2 aromatic carbocycles. The third-order valence-electron chi connectivity index (χ3n) is 4.95. The number of methoxy groups -OCH3 is 1. The molecule has 4 rings (SSSR count). The van der Waals surface area contributed by atoms with Crippen LogP contribution in [0.5, 0.6) is 11.6 Å². The minimum absolute atomic E-state index is 0.0215. The lowest BCUT2D eigenvalue weighted by molar-refractivity contribution is -0.151. The molecule has 0 bridgehead atoms. The number of carbonyl (C=O) groups excluding carboxylic acids is 1. The highest BCUT2D eigenvalue weighted by Gasteiger charge is 2.54. The molecule has 0 spiro atoms. The van der Waals surface area contributed by atoms with Crippen LogP contribution in [0.2, 0.25) is 5.02 Å². The van der Waals surface area contributed by atoms with E-state index in [4.69, 9.17) is 30.9 Å². The van der Waals surface area contributed by atoms with Gasteiger partial charge in [0.1, 0.15) is 18.2 Å². The molecule has 0 saturated heterocycles. The molecule has 1 fully saturated rings. The van der Waals surface area contributed by atoms with E-state index in [-0.39, 0.29) is 29.9 Å². The summed E-state index contributed by atoms with van der Waals surface area (Å²) in [6, 6.07) is 13.0. The van der Waals surface area contributed by atoms with Crippen LogP contribution in [-0.2, 0) is 9.53 Å². The molecule has 1 saturated carbocycles. The van der Waals surface area contributed by atoms with E-state index in [1.54, 1.807) is 30.3 Å². The first-order valence-corrected chi connectivity index (χ1v) is 10.3. The lowest BCUT2D eigenvalue weighted by atomic mass is 10.1. The van der Waals surface area contributed by atoms with Crippen molar-refractivity contribution in [3.8, 4) is 34.3 Å². The Morgan fingerprint density at radius 2 is 1.97 bits per heavy atom. The molecule has 166 valence electrons. The quantitative estimate of drug-likeness (QED) is 0.509. The Labute approximate surface area is 188 Å². The molecule has 1 aliphatic carbocycles. The highest BCUT2D eigenvalue weighted by molar-refractivity contribution is 6.30. The van der Waals surface area contributed by atoms with E-state index < -0.39 is 17.4 Å². The van der Waals surface area contributed by atoms with E-state index in [9.17, 15) is 9.18 Å². The summed E-state index contributed by atoms with van der Waals surface area (Å²) in [5.41, 5.74) is 0.354. The molecule has 0 atom stereocenters. The zero-order valence-electron chi connectivity index (χ0n) is 17.2. The fraction of sp³-hybridized carbons (Fsp3) is 0.261. The topological polar surface area (TPSA) is 90.8 Å². The Morgan fingerprint density at radius 1 is 1.19 bits per heavy atom. The minimum atomic E-state index is -1.09. The average Bonchev–Trinajstić information content (AvgIpc) is 3.59. The Kier molecular flexibility index (Phi) is 6.25. The van der Waals surface area contributed by atoms with Gasteiger partial charge in [-0.3, -0.25) is 0 Å². The molecule has 1 N–H and O–H groups in total. The lowest BCUT2D eigenvalue weighted by Gasteiger charge is -2.17. The van der Waals surface area contributed by atoms with E-state index >= 15 is 0 Å². The number of hydrogen-bond acceptors (Lipinski definition) is 7. The number of hydrogen-bond donors (Lipinski definition) is 1. The van der Waals surface area contributed by atoms with Gasteiger partial charge in [-0.05, 0) is 30.3 Å². The lowest BCUT2D eigenvalue weighted by Crippen LogP contribution is -2.31. The van der Waals surface area contributed by atoms with Gasteiger partial charge in [0.2, 0.25) is 11.5 Å². The number of aliphatic hydroxyl groups excluding tert-OH is 1. The highest BCUT2D eigenvalue weighted by atomic mass is 35.5. The van der Waals surface area contributed by atoms with Crippen molar-refractivity contribution in [1.29, 1.82) is 0 Å². The number of benzene rings is 2. The molecule has 0 unspecified atom stereocenters. The van der Waals surface area contributed by atoms with Gasteiger partial charge in [0.05, 0.1) is 24.4 Å². The molecule has 0 radical (unpaired) electrons. The van der Waals surface area contributed by atoms with E-state index in [0.29, 0.717) is 35.4 Å². The van der Waals surface area contributed by atoms with Crippen molar-refractivity contribution in [2.45, 2.75) is 18.4 Å². The van der Waals surface area contributed by atoms with Crippen molar-refractivity contribution in [1.82, 2.24) is 9.97 Å². The van der Waals surface area contributed by atoms with Crippen LogP contribution in [0.4, 0.5) is 4.39 Å². The number of esters is 1. The summed E-state index contributed by atoms with van der Waals surface area (Å²) >= 11 is 5.81. The molecule has 1 heterocycles. The van der Waals surface area contributed by atoms with Crippen LogP contribution in [-0.4, -0.2) is 47.0 Å². The highest BCUT2D eigenvalue weighted by Crippen LogP contribution is 2.42. The van der Waals surface area contributed by atoms with E-state index in [1.807, 2.05) is 6.07 Å². The number of para-hydroxylation sites is 1. The van der Waals surface area contributed by atoms with Gasteiger partial charge in [-0.1, -0.05) is 23.7 Å². The van der Waals surface area contributed by atoms with Crippen LogP contribution in [0.3, 0.4) is 0 Å². The Balaban J connectivity index is 1.81. The van der Waals surface area contributed by atoms with Crippen molar-refractivity contribution in [3.63, 3.8) is 0 Å². The van der Waals surface area contributed by atoms with E-state index in [0.717, 1.165) is 0 Å². The SMILES string of the molecule is COC(=O)C1(Oc2cc(-c3ccccc3OCCO)nc(-c3ccc(Cl)c(F)c3)n2)CC1. The number of aliphatic hydroxyl groups is 1. The second kappa shape index (κ2) is 9.10. The first kappa shape index (κ1) is 22.0. The van der Waals surface area contributed by atoms with E-state index in [2.05, 4.69) is 9.97 Å². The minimum Gasteiger partial charge on any atom is -0.490 e. The van der Waals surface area contributed by atoms with Gasteiger partial charge in [0, 0.05) is 30.0 Å².